The highest BCUT2D eigenvalue weighted by atomic mass is 15.0. The Hall–Kier alpha value is -9.04. The van der Waals surface area contributed by atoms with Crippen molar-refractivity contribution in [1.82, 2.24) is 4.57 Å². The van der Waals surface area contributed by atoms with Crippen LogP contribution in [-0.4, -0.2) is 4.57 Å². The molecule has 1 aliphatic carbocycles. The number of hydrogen-bond acceptors (Lipinski definition) is 0. The molecule has 1 heterocycles. The number of fused-ring (bicyclic) bond motifs is 9. The predicted octanol–water partition coefficient (Wildman–Crippen LogP) is 19.8. The van der Waals surface area contributed by atoms with E-state index in [-0.39, 0.29) is 5.92 Å². The fourth-order valence-electron chi connectivity index (χ4n) is 12.3. The summed E-state index contributed by atoms with van der Waals surface area (Å²) in [6, 6.07) is 88.0. The number of rotatable bonds is 7. The standard InChI is InChI=1S/C73H55N/c1-4-21-59-48(3)68-47-56(73-66-33-16-14-31-64(66)72(51-25-10-7-11-26-51)65-32-15-17-34-67(65)73)38-41-62(68)61-42-40-57(45-55(61)37-36-50-24-12-13-29-60(50)58(59)5-2)74-70-35-19-18-30-63(70)69-46-54(39-43-71(69)74)53-28-20-27-52(44-53)49-22-8-6-9-23-49/h4-35,38-48H,2,36-37H2,1,3H3/b21-4-,59-58-. The molecular formula is C73H55N. The van der Waals surface area contributed by atoms with E-state index in [4.69, 9.17) is 0 Å². The normalized spacial score (nSPS) is 14.8. The first-order chi connectivity index (χ1) is 36.6. The number of aryl methyl sites for hydroxylation is 2. The van der Waals surface area contributed by atoms with Crippen LogP contribution < -0.4 is 0 Å². The molecule has 1 atom stereocenters. The second-order valence-corrected chi connectivity index (χ2v) is 19.8. The van der Waals surface area contributed by atoms with Gasteiger partial charge in [0.15, 0.2) is 0 Å². The molecule has 352 valence electrons. The molecule has 1 heteroatoms. The van der Waals surface area contributed by atoms with Gasteiger partial charge in [0.25, 0.3) is 0 Å². The van der Waals surface area contributed by atoms with E-state index in [0.29, 0.717) is 0 Å². The molecular weight excluding hydrogens is 891 g/mol. The van der Waals surface area contributed by atoms with Crippen LogP contribution in [0.5, 0.6) is 0 Å². The summed E-state index contributed by atoms with van der Waals surface area (Å²) >= 11 is 0. The van der Waals surface area contributed by atoms with Crippen molar-refractivity contribution in [2.45, 2.75) is 32.6 Å². The lowest BCUT2D eigenvalue weighted by Crippen LogP contribution is -2.04. The minimum Gasteiger partial charge on any atom is -0.309 e. The molecule has 0 radical (unpaired) electrons. The molecule has 1 aromatic heterocycles. The van der Waals surface area contributed by atoms with Gasteiger partial charge in [-0.15, -0.1) is 0 Å². The summed E-state index contributed by atoms with van der Waals surface area (Å²) in [7, 11) is 0. The van der Waals surface area contributed by atoms with Crippen molar-refractivity contribution in [2.75, 3.05) is 0 Å². The van der Waals surface area contributed by atoms with E-state index in [1.54, 1.807) is 0 Å². The summed E-state index contributed by atoms with van der Waals surface area (Å²) < 4.78 is 2.48. The van der Waals surface area contributed by atoms with Crippen molar-refractivity contribution in [2.24, 2.45) is 0 Å². The zero-order chi connectivity index (χ0) is 49.7. The third-order valence-corrected chi connectivity index (χ3v) is 15.7. The number of aromatic nitrogens is 1. The van der Waals surface area contributed by atoms with Gasteiger partial charge < -0.3 is 4.57 Å². The minimum atomic E-state index is 0.0221. The molecule has 1 nitrogen and oxygen atoms in total. The first kappa shape index (κ1) is 44.9. The van der Waals surface area contributed by atoms with Crippen molar-refractivity contribution in [3.63, 3.8) is 0 Å². The zero-order valence-electron chi connectivity index (χ0n) is 41.9. The number of para-hydroxylation sites is 1. The number of benzene rings is 11. The maximum absolute atomic E-state index is 4.50. The topological polar surface area (TPSA) is 4.93 Å². The summed E-state index contributed by atoms with van der Waals surface area (Å²) in [6.07, 6.45) is 8.37. The van der Waals surface area contributed by atoms with Crippen LogP contribution in [0.2, 0.25) is 0 Å². The monoisotopic (exact) mass is 945 g/mol. The highest BCUT2D eigenvalue weighted by Crippen LogP contribution is 2.48. The van der Waals surface area contributed by atoms with Crippen LogP contribution in [0.15, 0.2) is 267 Å². The largest absolute Gasteiger partial charge is 0.309 e. The van der Waals surface area contributed by atoms with Crippen molar-refractivity contribution < 1.29 is 0 Å². The lowest BCUT2D eigenvalue weighted by molar-refractivity contribution is 0.927. The fraction of sp³-hybridized carbons (Fsp3) is 0.0685. The van der Waals surface area contributed by atoms with Gasteiger partial charge in [0.05, 0.1) is 11.0 Å². The van der Waals surface area contributed by atoms with E-state index in [1.165, 1.54) is 138 Å². The van der Waals surface area contributed by atoms with Gasteiger partial charge in [-0.05, 0) is 173 Å². The van der Waals surface area contributed by atoms with Crippen molar-refractivity contribution >= 4 is 48.9 Å². The third-order valence-electron chi connectivity index (χ3n) is 15.7. The summed E-state index contributed by atoms with van der Waals surface area (Å²) in [5, 5.41) is 7.52. The smallest absolute Gasteiger partial charge is 0.0541 e. The Labute approximate surface area is 434 Å². The minimum absolute atomic E-state index is 0.0221. The Morgan fingerprint density at radius 2 is 0.946 bits per heavy atom. The number of allylic oxidation sites excluding steroid dienone is 5. The SMILES string of the molecule is C=C/C1=C(\C=C/C)C(C)c2cc(-c3c4ccccc4c(-c4ccccc4)c4ccccc34)ccc2-c2ccc(-n3c4ccccc4c4cc(-c5cccc(-c6ccccc6)c5)ccc43)cc2CCc2ccccc21. The Morgan fingerprint density at radius 1 is 0.405 bits per heavy atom. The first-order valence-corrected chi connectivity index (χ1v) is 26.1. The Bertz CT molecular complexity index is 4160. The van der Waals surface area contributed by atoms with Gasteiger partial charge in [0, 0.05) is 22.4 Å². The van der Waals surface area contributed by atoms with Gasteiger partial charge >= 0.3 is 0 Å². The molecule has 0 saturated carbocycles. The first-order valence-electron chi connectivity index (χ1n) is 26.1. The van der Waals surface area contributed by atoms with Gasteiger partial charge in [0.2, 0.25) is 0 Å². The highest BCUT2D eigenvalue weighted by Gasteiger charge is 2.25. The summed E-state index contributed by atoms with van der Waals surface area (Å²) in [5.74, 6) is 0.0221. The van der Waals surface area contributed by atoms with Gasteiger partial charge in [-0.1, -0.05) is 226 Å². The molecule has 0 bridgehead atoms. The van der Waals surface area contributed by atoms with E-state index in [1.807, 2.05) is 0 Å². The van der Waals surface area contributed by atoms with Crippen molar-refractivity contribution in [3.05, 3.63) is 289 Å². The Kier molecular flexibility index (Phi) is 11.4. The second kappa shape index (κ2) is 18.9. The molecule has 1 aliphatic rings. The maximum atomic E-state index is 4.50. The van der Waals surface area contributed by atoms with Crippen molar-refractivity contribution in [3.8, 4) is 61.3 Å². The number of nitrogens with zero attached hydrogens (tertiary/aromatic N) is 1. The van der Waals surface area contributed by atoms with Gasteiger partial charge in [-0.3, -0.25) is 0 Å². The molecule has 0 fully saturated rings. The predicted molar refractivity (Wildman–Crippen MR) is 317 cm³/mol. The third kappa shape index (κ3) is 7.63. The Balaban J connectivity index is 1.02. The molecule has 0 N–H and O–H groups in total. The number of hydrogen-bond donors (Lipinski definition) is 0. The summed E-state index contributed by atoms with van der Waals surface area (Å²) in [5.41, 5.74) is 23.6. The lowest BCUT2D eigenvalue weighted by Gasteiger charge is -2.24. The van der Waals surface area contributed by atoms with E-state index in [0.717, 1.165) is 12.8 Å². The molecule has 1 unspecified atom stereocenters. The zero-order valence-corrected chi connectivity index (χ0v) is 41.9. The summed E-state index contributed by atoms with van der Waals surface area (Å²) in [4.78, 5) is 0. The van der Waals surface area contributed by atoms with Crippen LogP contribution in [0, 0.1) is 0 Å². The molecule has 74 heavy (non-hydrogen) atoms. The lowest BCUT2D eigenvalue weighted by atomic mass is 9.80. The van der Waals surface area contributed by atoms with Gasteiger partial charge in [-0.25, -0.2) is 0 Å². The molecule has 12 aromatic rings. The van der Waals surface area contributed by atoms with Gasteiger partial charge in [0.1, 0.15) is 0 Å². The van der Waals surface area contributed by atoms with Crippen LogP contribution in [0.4, 0.5) is 0 Å². The quantitative estimate of drug-likeness (QED) is 0.140. The maximum Gasteiger partial charge on any atom is 0.0541 e. The van der Waals surface area contributed by atoms with Crippen molar-refractivity contribution in [1.29, 1.82) is 0 Å². The van der Waals surface area contributed by atoms with Crippen LogP contribution >= 0.6 is 0 Å². The van der Waals surface area contributed by atoms with Crippen LogP contribution in [0.3, 0.4) is 0 Å². The molecule has 11 aromatic carbocycles. The van der Waals surface area contributed by atoms with E-state index in [2.05, 4.69) is 280 Å². The fourth-order valence-corrected chi connectivity index (χ4v) is 12.3. The molecule has 0 amide bonds. The molecule has 0 saturated heterocycles. The van der Waals surface area contributed by atoms with Gasteiger partial charge in [-0.2, -0.15) is 0 Å². The van der Waals surface area contributed by atoms with Crippen LogP contribution in [0.1, 0.15) is 42.0 Å². The van der Waals surface area contributed by atoms with E-state index >= 15 is 0 Å². The molecule has 0 aliphatic heterocycles. The van der Waals surface area contributed by atoms with E-state index in [9.17, 15) is 0 Å². The highest BCUT2D eigenvalue weighted by molar-refractivity contribution is 6.21. The van der Waals surface area contributed by atoms with Crippen LogP contribution in [-0.2, 0) is 12.8 Å². The Morgan fingerprint density at radius 3 is 1.65 bits per heavy atom. The average Bonchev–Trinajstić information content (AvgIpc) is 3.80. The summed E-state index contributed by atoms with van der Waals surface area (Å²) in [6.45, 7) is 9.03. The van der Waals surface area contributed by atoms with E-state index < -0.39 is 0 Å². The van der Waals surface area contributed by atoms with Crippen LogP contribution in [0.25, 0.3) is 110 Å². The second-order valence-electron chi connectivity index (χ2n) is 19.8. The molecule has 0 spiro atoms. The molecule has 13 rings (SSSR count). The average molecular weight is 946 g/mol.